The molecule has 0 atom stereocenters. The smallest absolute Gasteiger partial charge is 0.270 e. The quantitative estimate of drug-likeness (QED) is 0.640. The highest BCUT2D eigenvalue weighted by Crippen LogP contribution is 2.32. The molecule has 1 heterocycles. The molecule has 0 fully saturated rings. The Kier molecular flexibility index (Phi) is 2.57. The van der Waals surface area contributed by atoms with E-state index in [0.717, 1.165) is 16.1 Å². The Hall–Kier alpha value is -1.95. The van der Waals surface area contributed by atoms with E-state index in [2.05, 4.69) is 4.98 Å². The number of rotatable bonds is 2. The van der Waals surface area contributed by atoms with Crippen molar-refractivity contribution in [2.24, 2.45) is 0 Å². The molecule has 0 saturated heterocycles. The van der Waals surface area contributed by atoms with Gasteiger partial charge in [-0.05, 0) is 6.92 Å². The number of nitro groups is 1. The van der Waals surface area contributed by atoms with Gasteiger partial charge in [-0.15, -0.1) is 0 Å². The SMILES string of the molecule is Cc1nc(N)sc1-c1cccc([N+](=O)[O-])c1. The van der Waals surface area contributed by atoms with Crippen LogP contribution in [-0.4, -0.2) is 9.91 Å². The first-order valence-corrected chi connectivity index (χ1v) is 5.37. The van der Waals surface area contributed by atoms with Crippen molar-refractivity contribution in [1.29, 1.82) is 0 Å². The van der Waals surface area contributed by atoms with Crippen LogP contribution in [0.4, 0.5) is 10.8 Å². The second kappa shape index (κ2) is 3.90. The number of hydrogen-bond acceptors (Lipinski definition) is 5. The zero-order valence-corrected chi connectivity index (χ0v) is 9.32. The van der Waals surface area contributed by atoms with Crippen molar-refractivity contribution in [3.8, 4) is 10.4 Å². The van der Waals surface area contributed by atoms with Crippen LogP contribution in [0.2, 0.25) is 0 Å². The van der Waals surface area contributed by atoms with Gasteiger partial charge in [0.25, 0.3) is 5.69 Å². The van der Waals surface area contributed by atoms with E-state index >= 15 is 0 Å². The summed E-state index contributed by atoms with van der Waals surface area (Å²) in [6.45, 7) is 1.83. The molecule has 6 heteroatoms. The van der Waals surface area contributed by atoms with Gasteiger partial charge in [-0.3, -0.25) is 10.1 Å². The highest BCUT2D eigenvalue weighted by molar-refractivity contribution is 7.18. The summed E-state index contributed by atoms with van der Waals surface area (Å²) in [6, 6.07) is 6.46. The Labute approximate surface area is 95.7 Å². The van der Waals surface area contributed by atoms with Crippen LogP contribution in [0.5, 0.6) is 0 Å². The van der Waals surface area contributed by atoms with Gasteiger partial charge in [0.15, 0.2) is 5.13 Å². The lowest BCUT2D eigenvalue weighted by molar-refractivity contribution is -0.384. The lowest BCUT2D eigenvalue weighted by atomic mass is 10.1. The zero-order chi connectivity index (χ0) is 11.7. The second-order valence-corrected chi connectivity index (χ2v) is 4.30. The number of nitrogens with two attached hydrogens (primary N) is 1. The number of aromatic nitrogens is 1. The van der Waals surface area contributed by atoms with Crippen molar-refractivity contribution >= 4 is 22.2 Å². The molecule has 1 aromatic heterocycles. The summed E-state index contributed by atoms with van der Waals surface area (Å²) in [4.78, 5) is 15.2. The topological polar surface area (TPSA) is 82.0 Å². The lowest BCUT2D eigenvalue weighted by Gasteiger charge is -1.98. The van der Waals surface area contributed by atoms with Gasteiger partial charge in [0.2, 0.25) is 0 Å². The maximum Gasteiger partial charge on any atom is 0.270 e. The van der Waals surface area contributed by atoms with Gasteiger partial charge in [-0.2, -0.15) is 0 Å². The molecule has 0 saturated carbocycles. The standard InChI is InChI=1S/C10H9N3O2S/c1-6-9(16-10(11)12-6)7-3-2-4-8(5-7)13(14)15/h2-5H,1H3,(H2,11,12). The molecular weight excluding hydrogens is 226 g/mol. The molecular formula is C10H9N3O2S. The molecule has 0 unspecified atom stereocenters. The maximum absolute atomic E-state index is 10.6. The van der Waals surface area contributed by atoms with E-state index in [1.807, 2.05) is 13.0 Å². The van der Waals surface area contributed by atoms with Gasteiger partial charge >= 0.3 is 0 Å². The molecule has 2 N–H and O–H groups in total. The summed E-state index contributed by atoms with van der Waals surface area (Å²) in [5, 5.41) is 11.1. The minimum Gasteiger partial charge on any atom is -0.375 e. The van der Waals surface area contributed by atoms with Crippen molar-refractivity contribution in [2.75, 3.05) is 5.73 Å². The van der Waals surface area contributed by atoms with Gasteiger partial charge in [0.05, 0.1) is 15.5 Å². The van der Waals surface area contributed by atoms with Crippen molar-refractivity contribution in [3.63, 3.8) is 0 Å². The van der Waals surface area contributed by atoms with Crippen LogP contribution in [-0.2, 0) is 0 Å². The number of aryl methyl sites for hydroxylation is 1. The molecule has 2 aromatic rings. The van der Waals surface area contributed by atoms with Gasteiger partial charge in [0.1, 0.15) is 0 Å². The van der Waals surface area contributed by atoms with E-state index in [0.29, 0.717) is 5.13 Å². The Morgan fingerprint density at radius 2 is 2.25 bits per heavy atom. The zero-order valence-electron chi connectivity index (χ0n) is 8.51. The van der Waals surface area contributed by atoms with E-state index in [4.69, 9.17) is 5.73 Å². The number of benzene rings is 1. The summed E-state index contributed by atoms with van der Waals surface area (Å²) in [6.07, 6.45) is 0. The van der Waals surface area contributed by atoms with E-state index < -0.39 is 4.92 Å². The summed E-state index contributed by atoms with van der Waals surface area (Å²) in [7, 11) is 0. The summed E-state index contributed by atoms with van der Waals surface area (Å²) < 4.78 is 0. The fourth-order valence-corrected chi connectivity index (χ4v) is 2.28. The third-order valence-electron chi connectivity index (χ3n) is 2.13. The van der Waals surface area contributed by atoms with Crippen molar-refractivity contribution < 1.29 is 4.92 Å². The second-order valence-electron chi connectivity index (χ2n) is 3.27. The molecule has 1 aromatic carbocycles. The minimum atomic E-state index is -0.413. The maximum atomic E-state index is 10.6. The Morgan fingerprint density at radius 3 is 2.81 bits per heavy atom. The first kappa shape index (κ1) is 10.6. The van der Waals surface area contributed by atoms with E-state index in [-0.39, 0.29) is 5.69 Å². The summed E-state index contributed by atoms with van der Waals surface area (Å²) >= 11 is 1.33. The molecule has 0 aliphatic carbocycles. The number of anilines is 1. The number of hydrogen-bond donors (Lipinski definition) is 1. The average Bonchev–Trinajstić information content (AvgIpc) is 2.58. The Morgan fingerprint density at radius 1 is 1.50 bits per heavy atom. The molecule has 0 bridgehead atoms. The molecule has 0 spiro atoms. The summed E-state index contributed by atoms with van der Waals surface area (Å²) in [5.41, 5.74) is 7.23. The third-order valence-corrected chi connectivity index (χ3v) is 3.17. The molecule has 5 nitrogen and oxygen atoms in total. The normalized spacial score (nSPS) is 10.3. The third kappa shape index (κ3) is 1.87. The monoisotopic (exact) mass is 235 g/mol. The fourth-order valence-electron chi connectivity index (χ4n) is 1.45. The number of nitro benzene ring substituents is 1. The molecule has 0 aliphatic rings. The van der Waals surface area contributed by atoms with Crippen molar-refractivity contribution in [3.05, 3.63) is 40.1 Å². The van der Waals surface area contributed by atoms with Crippen LogP contribution >= 0.6 is 11.3 Å². The van der Waals surface area contributed by atoms with Crippen molar-refractivity contribution in [2.45, 2.75) is 6.92 Å². The first-order valence-electron chi connectivity index (χ1n) is 4.55. The molecule has 0 amide bonds. The van der Waals surface area contributed by atoms with Crippen LogP contribution in [0.25, 0.3) is 10.4 Å². The lowest BCUT2D eigenvalue weighted by Crippen LogP contribution is -1.87. The van der Waals surface area contributed by atoms with Gasteiger partial charge in [-0.1, -0.05) is 23.5 Å². The van der Waals surface area contributed by atoms with Crippen LogP contribution in [0.1, 0.15) is 5.69 Å². The van der Waals surface area contributed by atoms with Crippen LogP contribution in [0, 0.1) is 17.0 Å². The number of non-ortho nitro benzene ring substituents is 1. The molecule has 0 radical (unpaired) electrons. The van der Waals surface area contributed by atoms with Crippen molar-refractivity contribution in [1.82, 2.24) is 4.98 Å². The first-order chi connectivity index (χ1) is 7.58. The largest absolute Gasteiger partial charge is 0.375 e. The minimum absolute atomic E-state index is 0.0730. The fraction of sp³-hybridized carbons (Fsp3) is 0.100. The van der Waals surface area contributed by atoms with E-state index in [1.165, 1.54) is 23.5 Å². The predicted molar refractivity (Wildman–Crippen MR) is 63.4 cm³/mol. The average molecular weight is 235 g/mol. The molecule has 16 heavy (non-hydrogen) atoms. The Balaban J connectivity index is 2.52. The van der Waals surface area contributed by atoms with Gasteiger partial charge in [0, 0.05) is 17.7 Å². The molecule has 82 valence electrons. The van der Waals surface area contributed by atoms with Gasteiger partial charge < -0.3 is 5.73 Å². The molecule has 0 aliphatic heterocycles. The predicted octanol–water partition coefficient (Wildman–Crippen LogP) is 2.61. The molecule has 2 rings (SSSR count). The number of nitrogen functional groups attached to an aromatic ring is 1. The number of thiazole rings is 1. The van der Waals surface area contributed by atoms with Crippen LogP contribution in [0.15, 0.2) is 24.3 Å². The van der Waals surface area contributed by atoms with E-state index in [1.54, 1.807) is 6.07 Å². The van der Waals surface area contributed by atoms with Crippen LogP contribution in [0.3, 0.4) is 0 Å². The summed E-state index contributed by atoms with van der Waals surface area (Å²) in [5.74, 6) is 0. The van der Waals surface area contributed by atoms with E-state index in [9.17, 15) is 10.1 Å². The van der Waals surface area contributed by atoms with Crippen LogP contribution < -0.4 is 5.73 Å². The Bertz CT molecular complexity index is 551. The number of nitrogens with zero attached hydrogens (tertiary/aromatic N) is 2. The van der Waals surface area contributed by atoms with Gasteiger partial charge in [-0.25, -0.2) is 4.98 Å². The highest BCUT2D eigenvalue weighted by Gasteiger charge is 2.11. The highest BCUT2D eigenvalue weighted by atomic mass is 32.1.